The summed E-state index contributed by atoms with van der Waals surface area (Å²) in [6.45, 7) is 6.27. The maximum absolute atomic E-state index is 12.3. The normalized spacial score (nSPS) is 12.9. The van der Waals surface area contributed by atoms with Crippen LogP contribution in [0.3, 0.4) is 0 Å². The monoisotopic (exact) mass is 415 g/mol. The molecule has 0 saturated carbocycles. The Morgan fingerprint density at radius 1 is 1.37 bits per heavy atom. The van der Waals surface area contributed by atoms with Gasteiger partial charge < -0.3 is 26.1 Å². The molecule has 1 aromatic rings. The summed E-state index contributed by atoms with van der Waals surface area (Å²) in [5.41, 5.74) is 9.34. The van der Waals surface area contributed by atoms with Crippen molar-refractivity contribution in [1.82, 2.24) is 15.3 Å². The molecule has 0 aliphatic carbocycles. The average Bonchev–Trinajstić information content (AvgIpc) is 2.74. The molecule has 9 heteroatoms. The van der Waals surface area contributed by atoms with Crippen LogP contribution in [0.2, 0.25) is 0 Å². The molecular formula is C21H34BN5O3. The largest absolute Gasteiger partial charge is 0.475 e. The van der Waals surface area contributed by atoms with E-state index < -0.39 is 13.1 Å². The highest BCUT2D eigenvalue weighted by molar-refractivity contribution is 6.43. The quantitative estimate of drug-likeness (QED) is 0.151. The molecule has 0 spiro atoms. The van der Waals surface area contributed by atoms with Gasteiger partial charge in [-0.2, -0.15) is 0 Å². The first-order chi connectivity index (χ1) is 14.3. The molecule has 0 aromatic carbocycles. The van der Waals surface area contributed by atoms with E-state index in [1.54, 1.807) is 18.5 Å². The second-order valence-corrected chi connectivity index (χ2v) is 6.98. The van der Waals surface area contributed by atoms with Crippen molar-refractivity contribution in [2.75, 3.05) is 6.54 Å². The summed E-state index contributed by atoms with van der Waals surface area (Å²) in [6.07, 6.45) is 11.0. The predicted molar refractivity (Wildman–Crippen MR) is 121 cm³/mol. The summed E-state index contributed by atoms with van der Waals surface area (Å²) in [4.78, 5) is 16.3. The Bertz CT molecular complexity index is 744. The van der Waals surface area contributed by atoms with E-state index in [1.165, 1.54) is 16.8 Å². The standard InChI is InChI=1S/C21H34BN5O3/c1-4-16(5-2)12-17(6-3)13-20(22(29)30)26-21(28)9-11-27(24)15-19(23)18-8-7-10-25-14-18/h6-8,10,12,14-15,20,29-30H,4-5,9,11,13,23-24H2,1-3H3,(H,26,28)/b17-6+,19-15-/t20-/m0/s1. The smallest absolute Gasteiger partial charge is 0.426 e. The van der Waals surface area contributed by atoms with Gasteiger partial charge in [0, 0.05) is 37.1 Å². The van der Waals surface area contributed by atoms with Gasteiger partial charge in [0.1, 0.15) is 0 Å². The molecule has 0 radical (unpaired) electrons. The molecule has 164 valence electrons. The molecule has 0 bridgehead atoms. The molecule has 1 atom stereocenters. The third-order valence-electron chi connectivity index (χ3n) is 4.73. The fourth-order valence-corrected chi connectivity index (χ4v) is 2.82. The fourth-order valence-electron chi connectivity index (χ4n) is 2.82. The summed E-state index contributed by atoms with van der Waals surface area (Å²) in [5, 5.41) is 23.4. The number of pyridine rings is 1. The van der Waals surface area contributed by atoms with Crippen LogP contribution in [0.1, 0.15) is 52.0 Å². The zero-order chi connectivity index (χ0) is 22.5. The fraction of sp³-hybridized carbons (Fsp3) is 0.429. The summed E-state index contributed by atoms with van der Waals surface area (Å²) in [7, 11) is -1.67. The lowest BCUT2D eigenvalue weighted by Gasteiger charge is -2.20. The molecule has 30 heavy (non-hydrogen) atoms. The Labute approximate surface area is 179 Å². The molecule has 0 unspecified atom stereocenters. The van der Waals surface area contributed by atoms with E-state index in [2.05, 4.69) is 30.2 Å². The first-order valence-electron chi connectivity index (χ1n) is 10.2. The van der Waals surface area contributed by atoms with Crippen molar-refractivity contribution in [3.8, 4) is 0 Å². The van der Waals surface area contributed by atoms with Gasteiger partial charge in [-0.1, -0.05) is 37.1 Å². The van der Waals surface area contributed by atoms with E-state index in [0.29, 0.717) is 12.1 Å². The van der Waals surface area contributed by atoms with Crippen LogP contribution < -0.4 is 16.9 Å². The number of hydrazine groups is 1. The first-order valence-corrected chi connectivity index (χ1v) is 10.2. The van der Waals surface area contributed by atoms with Crippen LogP contribution >= 0.6 is 0 Å². The van der Waals surface area contributed by atoms with Gasteiger partial charge in [-0.15, -0.1) is 0 Å². The van der Waals surface area contributed by atoms with E-state index >= 15 is 0 Å². The highest BCUT2D eigenvalue weighted by Crippen LogP contribution is 2.15. The Morgan fingerprint density at radius 2 is 2.07 bits per heavy atom. The number of carbonyl (C=O) groups excluding carboxylic acids is 1. The third-order valence-corrected chi connectivity index (χ3v) is 4.73. The Kier molecular flexibility index (Phi) is 11.5. The third kappa shape index (κ3) is 9.26. The molecule has 0 fully saturated rings. The van der Waals surface area contributed by atoms with Gasteiger partial charge in [-0.25, -0.2) is 5.84 Å². The minimum Gasteiger partial charge on any atom is -0.426 e. The van der Waals surface area contributed by atoms with Crippen molar-refractivity contribution in [3.63, 3.8) is 0 Å². The highest BCUT2D eigenvalue weighted by atomic mass is 16.4. The molecule has 8 nitrogen and oxygen atoms in total. The van der Waals surface area contributed by atoms with Gasteiger partial charge in [0.25, 0.3) is 0 Å². The molecule has 0 aliphatic rings. The number of allylic oxidation sites excluding steroid dienone is 3. The van der Waals surface area contributed by atoms with E-state index in [9.17, 15) is 14.8 Å². The zero-order valence-corrected chi connectivity index (χ0v) is 18.1. The van der Waals surface area contributed by atoms with Crippen LogP contribution in [0.4, 0.5) is 0 Å². The van der Waals surface area contributed by atoms with Gasteiger partial charge in [0.2, 0.25) is 5.91 Å². The summed E-state index contributed by atoms with van der Waals surface area (Å²) in [6, 6.07) is 3.57. The van der Waals surface area contributed by atoms with Crippen LogP contribution in [0.15, 0.2) is 54.0 Å². The van der Waals surface area contributed by atoms with Crippen molar-refractivity contribution in [2.24, 2.45) is 11.6 Å². The SMILES string of the molecule is C/C=C(\C=C(CC)CC)C[C@H](NC(=O)CCN(N)/C=C(\N)c1cccnc1)B(O)O. The molecule has 1 rings (SSSR count). The lowest BCUT2D eigenvalue weighted by atomic mass is 9.75. The van der Waals surface area contributed by atoms with E-state index in [0.717, 1.165) is 24.0 Å². The lowest BCUT2D eigenvalue weighted by molar-refractivity contribution is -0.121. The van der Waals surface area contributed by atoms with Crippen molar-refractivity contribution >= 4 is 18.7 Å². The summed E-state index contributed by atoms with van der Waals surface area (Å²) >= 11 is 0. The van der Waals surface area contributed by atoms with Crippen LogP contribution in [0.5, 0.6) is 0 Å². The Balaban J connectivity index is 2.64. The number of hydrogen-bond acceptors (Lipinski definition) is 7. The van der Waals surface area contributed by atoms with E-state index in [4.69, 9.17) is 11.6 Å². The van der Waals surface area contributed by atoms with Gasteiger partial charge in [-0.3, -0.25) is 9.78 Å². The van der Waals surface area contributed by atoms with Gasteiger partial charge >= 0.3 is 7.12 Å². The van der Waals surface area contributed by atoms with Crippen molar-refractivity contribution in [1.29, 1.82) is 0 Å². The van der Waals surface area contributed by atoms with Crippen LogP contribution in [-0.4, -0.2) is 45.6 Å². The highest BCUT2D eigenvalue weighted by Gasteiger charge is 2.25. The van der Waals surface area contributed by atoms with Crippen LogP contribution in [0, 0.1) is 0 Å². The number of nitrogens with two attached hydrogens (primary N) is 2. The molecule has 0 saturated heterocycles. The minimum absolute atomic E-state index is 0.0761. The molecule has 7 N–H and O–H groups in total. The predicted octanol–water partition coefficient (Wildman–Crippen LogP) is 1.48. The average molecular weight is 415 g/mol. The number of aromatic nitrogens is 1. The zero-order valence-electron chi connectivity index (χ0n) is 18.1. The molecular weight excluding hydrogens is 381 g/mol. The van der Waals surface area contributed by atoms with E-state index in [1.807, 2.05) is 19.1 Å². The molecule has 1 amide bonds. The van der Waals surface area contributed by atoms with Gasteiger partial charge in [-0.05, 0) is 38.3 Å². The number of nitrogens with zero attached hydrogens (tertiary/aromatic N) is 2. The Morgan fingerprint density at radius 3 is 2.60 bits per heavy atom. The molecule has 1 heterocycles. The van der Waals surface area contributed by atoms with Crippen molar-refractivity contribution in [3.05, 3.63) is 59.6 Å². The minimum atomic E-state index is -1.67. The number of nitrogens with one attached hydrogen (secondary N) is 1. The number of amides is 1. The molecule has 1 aromatic heterocycles. The van der Waals surface area contributed by atoms with E-state index in [-0.39, 0.29) is 18.9 Å². The Hall–Kier alpha value is -2.62. The number of rotatable bonds is 12. The second-order valence-electron chi connectivity index (χ2n) is 6.98. The second kappa shape index (κ2) is 13.6. The van der Waals surface area contributed by atoms with Crippen molar-refractivity contribution < 1.29 is 14.8 Å². The van der Waals surface area contributed by atoms with Gasteiger partial charge in [0.05, 0.1) is 11.6 Å². The van der Waals surface area contributed by atoms with Crippen molar-refractivity contribution in [2.45, 2.75) is 52.4 Å². The molecule has 0 aliphatic heterocycles. The maximum Gasteiger partial charge on any atom is 0.475 e. The number of carbonyl (C=O) groups is 1. The lowest BCUT2D eigenvalue weighted by Crippen LogP contribution is -2.47. The van der Waals surface area contributed by atoms with Crippen LogP contribution in [0.25, 0.3) is 5.70 Å². The first kappa shape index (κ1) is 25.4. The van der Waals surface area contributed by atoms with Crippen LogP contribution in [-0.2, 0) is 4.79 Å². The number of hydrogen-bond donors (Lipinski definition) is 5. The topological polar surface area (TPSA) is 138 Å². The summed E-state index contributed by atoms with van der Waals surface area (Å²) in [5.74, 6) is 4.76. The maximum atomic E-state index is 12.3. The summed E-state index contributed by atoms with van der Waals surface area (Å²) < 4.78 is 0. The van der Waals surface area contributed by atoms with Gasteiger partial charge in [0.15, 0.2) is 0 Å².